The highest BCUT2D eigenvalue weighted by Gasteiger charge is 2.17. The molecule has 0 bridgehead atoms. The van der Waals surface area contributed by atoms with E-state index in [1.807, 2.05) is 30.3 Å². The molecule has 156 valence electrons. The predicted octanol–water partition coefficient (Wildman–Crippen LogP) is 2.08. The van der Waals surface area contributed by atoms with Crippen LogP contribution in [0, 0.1) is 0 Å². The topological polar surface area (TPSA) is 88.5 Å². The summed E-state index contributed by atoms with van der Waals surface area (Å²) in [6, 6.07) is 18.9. The molecule has 0 atom stereocenters. The second-order valence-corrected chi connectivity index (χ2v) is 9.11. The SMILES string of the molecule is CN(C)S(=O)(=O)c1ccc(CNC(=O)c2cccn(Cc3ccccc3)c2=O)cc1. The van der Waals surface area contributed by atoms with Crippen LogP contribution in [0.25, 0.3) is 0 Å². The van der Waals surface area contributed by atoms with Crippen LogP contribution in [0.2, 0.25) is 0 Å². The average molecular weight is 426 g/mol. The molecular weight excluding hydrogens is 402 g/mol. The third kappa shape index (κ3) is 4.84. The van der Waals surface area contributed by atoms with Gasteiger partial charge in [0, 0.05) is 26.8 Å². The van der Waals surface area contributed by atoms with Crippen LogP contribution in [0.4, 0.5) is 0 Å². The number of carbonyl (C=O) groups is 1. The number of pyridine rings is 1. The van der Waals surface area contributed by atoms with Gasteiger partial charge in [-0.15, -0.1) is 0 Å². The van der Waals surface area contributed by atoms with Gasteiger partial charge >= 0.3 is 0 Å². The minimum Gasteiger partial charge on any atom is -0.348 e. The van der Waals surface area contributed by atoms with Crippen LogP contribution in [0.15, 0.2) is 82.6 Å². The van der Waals surface area contributed by atoms with E-state index in [9.17, 15) is 18.0 Å². The molecule has 2 aromatic carbocycles. The van der Waals surface area contributed by atoms with Gasteiger partial charge in [-0.3, -0.25) is 9.59 Å². The zero-order valence-corrected chi connectivity index (χ0v) is 17.6. The number of hydrogen-bond donors (Lipinski definition) is 1. The molecule has 0 radical (unpaired) electrons. The van der Waals surface area contributed by atoms with E-state index < -0.39 is 15.9 Å². The lowest BCUT2D eigenvalue weighted by Crippen LogP contribution is -2.32. The van der Waals surface area contributed by atoms with Gasteiger partial charge in [0.25, 0.3) is 11.5 Å². The van der Waals surface area contributed by atoms with E-state index in [0.29, 0.717) is 6.54 Å². The first-order valence-electron chi connectivity index (χ1n) is 9.32. The largest absolute Gasteiger partial charge is 0.348 e. The Labute approximate surface area is 175 Å². The zero-order valence-electron chi connectivity index (χ0n) is 16.8. The summed E-state index contributed by atoms with van der Waals surface area (Å²) in [6.45, 7) is 0.552. The molecule has 30 heavy (non-hydrogen) atoms. The summed E-state index contributed by atoms with van der Waals surface area (Å²) in [7, 11) is -0.570. The lowest BCUT2D eigenvalue weighted by molar-refractivity contribution is 0.0948. The van der Waals surface area contributed by atoms with Gasteiger partial charge in [0.15, 0.2) is 0 Å². The lowest BCUT2D eigenvalue weighted by Gasteiger charge is -2.12. The van der Waals surface area contributed by atoms with E-state index >= 15 is 0 Å². The standard InChI is InChI=1S/C22H23N3O4S/c1-24(2)30(28,29)19-12-10-17(11-13-19)15-23-21(26)20-9-6-14-25(22(20)27)16-18-7-4-3-5-8-18/h3-14H,15-16H2,1-2H3,(H,23,26). The van der Waals surface area contributed by atoms with Gasteiger partial charge in [0.05, 0.1) is 11.4 Å². The van der Waals surface area contributed by atoms with Crippen LogP contribution in [0.3, 0.4) is 0 Å². The van der Waals surface area contributed by atoms with E-state index in [0.717, 1.165) is 15.4 Å². The van der Waals surface area contributed by atoms with E-state index in [2.05, 4.69) is 5.32 Å². The maximum atomic E-state index is 12.7. The number of nitrogens with zero attached hydrogens (tertiary/aromatic N) is 2. The van der Waals surface area contributed by atoms with Crippen LogP contribution in [0.5, 0.6) is 0 Å². The summed E-state index contributed by atoms with van der Waals surface area (Å²) in [6.07, 6.45) is 1.65. The fourth-order valence-electron chi connectivity index (χ4n) is 2.88. The van der Waals surface area contributed by atoms with Crippen molar-refractivity contribution in [3.8, 4) is 0 Å². The summed E-state index contributed by atoms with van der Waals surface area (Å²) >= 11 is 0. The first kappa shape index (κ1) is 21.5. The molecule has 7 nitrogen and oxygen atoms in total. The van der Waals surface area contributed by atoms with E-state index in [1.54, 1.807) is 24.4 Å². The minimum absolute atomic E-state index is 0.0558. The lowest BCUT2D eigenvalue weighted by atomic mass is 10.2. The smallest absolute Gasteiger partial charge is 0.263 e. The number of amides is 1. The molecule has 0 spiro atoms. The Balaban J connectivity index is 1.70. The first-order chi connectivity index (χ1) is 14.3. The van der Waals surface area contributed by atoms with Gasteiger partial charge in [-0.1, -0.05) is 42.5 Å². The highest BCUT2D eigenvalue weighted by molar-refractivity contribution is 7.89. The molecule has 0 saturated heterocycles. The summed E-state index contributed by atoms with van der Waals surface area (Å²) in [4.78, 5) is 25.4. The summed E-state index contributed by atoms with van der Waals surface area (Å²) in [5.41, 5.74) is 1.37. The van der Waals surface area contributed by atoms with Crippen molar-refractivity contribution in [2.45, 2.75) is 18.0 Å². The molecule has 3 aromatic rings. The molecule has 1 aromatic heterocycles. The molecule has 0 unspecified atom stereocenters. The van der Waals surface area contributed by atoms with Crippen LogP contribution in [-0.2, 0) is 23.1 Å². The second-order valence-electron chi connectivity index (χ2n) is 6.95. The molecule has 0 aliphatic carbocycles. The molecule has 3 rings (SSSR count). The first-order valence-corrected chi connectivity index (χ1v) is 10.8. The van der Waals surface area contributed by atoms with Crippen molar-refractivity contribution in [3.05, 3.63) is 100.0 Å². The Morgan fingerprint density at radius 1 is 0.933 bits per heavy atom. The van der Waals surface area contributed by atoms with E-state index in [1.165, 1.54) is 36.9 Å². The number of rotatable bonds is 7. The van der Waals surface area contributed by atoms with Gasteiger partial charge in [0.2, 0.25) is 10.0 Å². The number of nitrogens with one attached hydrogen (secondary N) is 1. The Kier molecular flexibility index (Phi) is 6.49. The Bertz CT molecular complexity index is 1190. The van der Waals surface area contributed by atoms with Crippen molar-refractivity contribution in [2.75, 3.05) is 14.1 Å². The maximum Gasteiger partial charge on any atom is 0.263 e. The fraction of sp³-hybridized carbons (Fsp3) is 0.182. The molecule has 1 heterocycles. The third-order valence-electron chi connectivity index (χ3n) is 4.62. The molecule has 0 aliphatic rings. The molecule has 8 heteroatoms. The van der Waals surface area contributed by atoms with Gasteiger partial charge in [-0.2, -0.15) is 0 Å². The van der Waals surface area contributed by atoms with Crippen molar-refractivity contribution in [1.82, 2.24) is 14.2 Å². The maximum absolute atomic E-state index is 12.7. The Morgan fingerprint density at radius 3 is 2.23 bits per heavy atom. The van der Waals surface area contributed by atoms with Gasteiger partial charge < -0.3 is 9.88 Å². The highest BCUT2D eigenvalue weighted by atomic mass is 32.2. The van der Waals surface area contributed by atoms with Crippen LogP contribution in [0.1, 0.15) is 21.5 Å². The number of benzene rings is 2. The molecular formula is C22H23N3O4S. The Hall–Kier alpha value is -3.23. The predicted molar refractivity (Wildman–Crippen MR) is 115 cm³/mol. The number of carbonyl (C=O) groups excluding carboxylic acids is 1. The van der Waals surface area contributed by atoms with E-state index in [-0.39, 0.29) is 22.6 Å². The summed E-state index contributed by atoms with van der Waals surface area (Å²) in [5, 5.41) is 2.72. The van der Waals surface area contributed by atoms with Crippen molar-refractivity contribution in [2.24, 2.45) is 0 Å². The fourth-order valence-corrected chi connectivity index (χ4v) is 3.78. The molecule has 0 saturated carbocycles. The van der Waals surface area contributed by atoms with Crippen molar-refractivity contribution in [1.29, 1.82) is 0 Å². The zero-order chi connectivity index (χ0) is 21.7. The van der Waals surface area contributed by atoms with Crippen LogP contribution >= 0.6 is 0 Å². The minimum atomic E-state index is -3.50. The number of sulfonamides is 1. The molecule has 1 N–H and O–H groups in total. The normalized spacial score (nSPS) is 11.4. The number of aromatic nitrogens is 1. The molecule has 1 amide bonds. The van der Waals surface area contributed by atoms with Gasteiger partial charge in [0.1, 0.15) is 5.56 Å². The van der Waals surface area contributed by atoms with Crippen LogP contribution < -0.4 is 10.9 Å². The summed E-state index contributed by atoms with van der Waals surface area (Å²) in [5.74, 6) is -0.479. The molecule has 0 aliphatic heterocycles. The second kappa shape index (κ2) is 9.06. The quantitative estimate of drug-likeness (QED) is 0.628. The van der Waals surface area contributed by atoms with Gasteiger partial charge in [-0.05, 0) is 35.4 Å². The highest BCUT2D eigenvalue weighted by Crippen LogP contribution is 2.14. The monoisotopic (exact) mass is 425 g/mol. The number of hydrogen-bond acceptors (Lipinski definition) is 4. The summed E-state index contributed by atoms with van der Waals surface area (Å²) < 4.78 is 26.9. The van der Waals surface area contributed by atoms with Gasteiger partial charge in [-0.25, -0.2) is 12.7 Å². The van der Waals surface area contributed by atoms with Crippen molar-refractivity contribution >= 4 is 15.9 Å². The van der Waals surface area contributed by atoms with E-state index in [4.69, 9.17) is 0 Å². The van der Waals surface area contributed by atoms with Crippen molar-refractivity contribution < 1.29 is 13.2 Å². The van der Waals surface area contributed by atoms with Crippen molar-refractivity contribution in [3.63, 3.8) is 0 Å². The molecule has 0 fully saturated rings. The third-order valence-corrected chi connectivity index (χ3v) is 6.44. The average Bonchev–Trinajstić information content (AvgIpc) is 2.74. The Morgan fingerprint density at radius 2 is 1.60 bits per heavy atom. The van der Waals surface area contributed by atoms with Crippen LogP contribution in [-0.4, -0.2) is 37.3 Å².